The van der Waals surface area contributed by atoms with Crippen LogP contribution in [-0.2, 0) is 19.3 Å². The molecule has 6 heteroatoms. The molecule has 0 bridgehead atoms. The number of hydrogen-bond acceptors (Lipinski definition) is 5. The molecule has 0 aromatic carbocycles. The molecule has 0 aliphatic heterocycles. The highest BCUT2D eigenvalue weighted by atomic mass is 15.4. The maximum atomic E-state index is 5.96. The number of nitrogen functional groups attached to an aromatic ring is 1. The van der Waals surface area contributed by atoms with Crippen LogP contribution in [0.4, 0.5) is 5.82 Å². The Morgan fingerprint density at radius 3 is 2.58 bits per heavy atom. The normalized spacial score (nSPS) is 10.9. The van der Waals surface area contributed by atoms with E-state index in [1.54, 1.807) is 0 Å². The molecular formula is C13H20N6. The second-order valence-electron chi connectivity index (χ2n) is 4.37. The fourth-order valence-corrected chi connectivity index (χ4v) is 2.03. The highest BCUT2D eigenvalue weighted by Gasteiger charge is 2.15. The molecule has 2 aromatic heterocycles. The summed E-state index contributed by atoms with van der Waals surface area (Å²) in [5.41, 5.74) is 6.91. The van der Waals surface area contributed by atoms with Crippen LogP contribution in [0.2, 0.25) is 0 Å². The molecule has 2 heterocycles. The van der Waals surface area contributed by atoms with Gasteiger partial charge in [-0.3, -0.25) is 0 Å². The van der Waals surface area contributed by atoms with Gasteiger partial charge in [0.1, 0.15) is 18.0 Å². The zero-order chi connectivity index (χ0) is 13.8. The van der Waals surface area contributed by atoms with E-state index in [4.69, 9.17) is 5.73 Å². The first-order chi connectivity index (χ1) is 9.21. The van der Waals surface area contributed by atoms with E-state index in [1.165, 1.54) is 6.33 Å². The van der Waals surface area contributed by atoms with Crippen LogP contribution < -0.4 is 5.73 Å². The Balaban J connectivity index is 2.57. The molecule has 0 amide bonds. The Labute approximate surface area is 113 Å². The van der Waals surface area contributed by atoms with E-state index >= 15 is 0 Å². The molecule has 2 rings (SSSR count). The van der Waals surface area contributed by atoms with Crippen molar-refractivity contribution in [2.75, 3.05) is 5.73 Å². The molecule has 6 nitrogen and oxygen atoms in total. The maximum absolute atomic E-state index is 5.96. The quantitative estimate of drug-likeness (QED) is 0.885. The first-order valence-corrected chi connectivity index (χ1v) is 6.75. The molecule has 0 radical (unpaired) electrons. The van der Waals surface area contributed by atoms with Gasteiger partial charge < -0.3 is 5.73 Å². The molecule has 2 N–H and O–H groups in total. The highest BCUT2D eigenvalue weighted by molar-refractivity contribution is 5.48. The van der Waals surface area contributed by atoms with Gasteiger partial charge in [-0.1, -0.05) is 27.2 Å². The monoisotopic (exact) mass is 260 g/mol. The van der Waals surface area contributed by atoms with Gasteiger partial charge in [0, 0.05) is 18.4 Å². The Hall–Kier alpha value is -1.98. The lowest BCUT2D eigenvalue weighted by Gasteiger charge is -2.10. The molecular weight excluding hydrogens is 240 g/mol. The van der Waals surface area contributed by atoms with E-state index in [1.807, 2.05) is 11.6 Å². The Bertz CT molecular complexity index is 560. The summed E-state index contributed by atoms with van der Waals surface area (Å²) in [6.07, 6.45) is 4.93. The van der Waals surface area contributed by atoms with Crippen LogP contribution in [0, 0.1) is 0 Å². The second kappa shape index (κ2) is 5.77. The molecule has 0 saturated heterocycles. The van der Waals surface area contributed by atoms with Crippen LogP contribution in [0.3, 0.4) is 0 Å². The van der Waals surface area contributed by atoms with Gasteiger partial charge in [0.15, 0.2) is 11.6 Å². The number of nitrogens with zero attached hydrogens (tertiary/aromatic N) is 5. The first kappa shape index (κ1) is 13.5. The van der Waals surface area contributed by atoms with E-state index in [0.29, 0.717) is 5.82 Å². The number of nitrogens with two attached hydrogens (primary N) is 1. The number of anilines is 1. The fraction of sp³-hybridized carbons (Fsp3) is 0.538. The van der Waals surface area contributed by atoms with Crippen LogP contribution >= 0.6 is 0 Å². The maximum Gasteiger partial charge on any atom is 0.164 e. The van der Waals surface area contributed by atoms with Crippen molar-refractivity contribution in [1.82, 2.24) is 24.7 Å². The van der Waals surface area contributed by atoms with Gasteiger partial charge >= 0.3 is 0 Å². The first-order valence-electron chi connectivity index (χ1n) is 6.75. The fourth-order valence-electron chi connectivity index (χ4n) is 2.03. The molecule has 0 aliphatic carbocycles. The van der Waals surface area contributed by atoms with Crippen LogP contribution in [0.5, 0.6) is 0 Å². The molecule has 0 saturated carbocycles. The van der Waals surface area contributed by atoms with Crippen molar-refractivity contribution in [2.24, 2.45) is 0 Å². The van der Waals surface area contributed by atoms with Crippen LogP contribution in [0.1, 0.15) is 44.4 Å². The van der Waals surface area contributed by atoms with E-state index in [-0.39, 0.29) is 0 Å². The number of rotatable bonds is 5. The smallest absolute Gasteiger partial charge is 0.164 e. The SMILES string of the molecule is CCCc1c(N)ncnc1-n1nc(CC)nc1CC. The Kier molecular flexibility index (Phi) is 4.09. The third kappa shape index (κ3) is 2.57. The molecule has 0 atom stereocenters. The van der Waals surface area contributed by atoms with Crippen molar-refractivity contribution in [3.05, 3.63) is 23.5 Å². The molecule has 0 spiro atoms. The summed E-state index contributed by atoms with van der Waals surface area (Å²) >= 11 is 0. The van der Waals surface area contributed by atoms with E-state index in [2.05, 4.69) is 33.9 Å². The summed E-state index contributed by atoms with van der Waals surface area (Å²) in [5, 5.41) is 4.51. The predicted molar refractivity (Wildman–Crippen MR) is 74.1 cm³/mol. The average Bonchev–Trinajstić information content (AvgIpc) is 2.84. The zero-order valence-corrected chi connectivity index (χ0v) is 11.7. The van der Waals surface area contributed by atoms with Crippen molar-refractivity contribution >= 4 is 5.82 Å². The van der Waals surface area contributed by atoms with E-state index < -0.39 is 0 Å². The summed E-state index contributed by atoms with van der Waals surface area (Å²) in [4.78, 5) is 12.9. The lowest BCUT2D eigenvalue weighted by Crippen LogP contribution is -2.11. The molecule has 2 aromatic rings. The van der Waals surface area contributed by atoms with Gasteiger partial charge in [0.05, 0.1) is 0 Å². The van der Waals surface area contributed by atoms with Gasteiger partial charge in [0.2, 0.25) is 0 Å². The van der Waals surface area contributed by atoms with Crippen molar-refractivity contribution in [3.8, 4) is 5.82 Å². The standard InChI is InChI=1S/C13H20N6/c1-4-7-9-12(14)15-8-16-13(9)19-11(6-3)17-10(5-2)18-19/h8H,4-7H2,1-3H3,(H2,14,15,16). The van der Waals surface area contributed by atoms with Crippen molar-refractivity contribution < 1.29 is 0 Å². The third-order valence-electron chi connectivity index (χ3n) is 3.01. The van der Waals surface area contributed by atoms with Crippen LogP contribution in [0.15, 0.2) is 6.33 Å². The largest absolute Gasteiger partial charge is 0.383 e. The van der Waals surface area contributed by atoms with Gasteiger partial charge in [-0.15, -0.1) is 5.10 Å². The number of hydrogen-bond donors (Lipinski definition) is 1. The molecule has 0 fully saturated rings. The van der Waals surface area contributed by atoms with Crippen molar-refractivity contribution in [1.29, 1.82) is 0 Å². The number of aromatic nitrogens is 5. The topological polar surface area (TPSA) is 82.5 Å². The zero-order valence-electron chi connectivity index (χ0n) is 11.7. The van der Waals surface area contributed by atoms with Crippen LogP contribution in [0.25, 0.3) is 5.82 Å². The minimum atomic E-state index is 0.530. The van der Waals surface area contributed by atoms with Crippen molar-refractivity contribution in [2.45, 2.75) is 46.5 Å². The predicted octanol–water partition coefficient (Wildman–Crippen LogP) is 1.72. The number of aryl methyl sites for hydroxylation is 2. The minimum absolute atomic E-state index is 0.530. The summed E-state index contributed by atoms with van der Waals surface area (Å²) in [6.45, 7) is 6.21. The molecule has 0 unspecified atom stereocenters. The molecule has 102 valence electrons. The summed E-state index contributed by atoms with van der Waals surface area (Å²) in [6, 6.07) is 0. The van der Waals surface area contributed by atoms with E-state index in [0.717, 1.165) is 48.7 Å². The highest BCUT2D eigenvalue weighted by Crippen LogP contribution is 2.19. The summed E-state index contributed by atoms with van der Waals surface area (Å²) in [7, 11) is 0. The van der Waals surface area contributed by atoms with Gasteiger partial charge in [-0.2, -0.15) is 4.68 Å². The van der Waals surface area contributed by atoms with Crippen LogP contribution in [-0.4, -0.2) is 24.7 Å². The van der Waals surface area contributed by atoms with Crippen molar-refractivity contribution in [3.63, 3.8) is 0 Å². The van der Waals surface area contributed by atoms with E-state index in [9.17, 15) is 0 Å². The van der Waals surface area contributed by atoms with Gasteiger partial charge in [-0.05, 0) is 6.42 Å². The average molecular weight is 260 g/mol. The molecule has 19 heavy (non-hydrogen) atoms. The van der Waals surface area contributed by atoms with Gasteiger partial charge in [-0.25, -0.2) is 15.0 Å². The Morgan fingerprint density at radius 1 is 1.16 bits per heavy atom. The lowest BCUT2D eigenvalue weighted by molar-refractivity contribution is 0.746. The summed E-state index contributed by atoms with van der Waals surface area (Å²) < 4.78 is 1.81. The van der Waals surface area contributed by atoms with Gasteiger partial charge in [0.25, 0.3) is 0 Å². The minimum Gasteiger partial charge on any atom is -0.383 e. The Morgan fingerprint density at radius 2 is 1.95 bits per heavy atom. The second-order valence-corrected chi connectivity index (χ2v) is 4.37. The molecule has 0 aliphatic rings. The lowest BCUT2D eigenvalue weighted by atomic mass is 10.1. The third-order valence-corrected chi connectivity index (χ3v) is 3.01. The summed E-state index contributed by atoms with van der Waals surface area (Å²) in [5.74, 6) is 3.03.